The van der Waals surface area contributed by atoms with Crippen LogP contribution in [0.4, 0.5) is 0 Å². The highest BCUT2D eigenvalue weighted by Gasteiger charge is 2.32. The third-order valence-electron chi connectivity index (χ3n) is 3.51. The molecule has 0 bridgehead atoms. The van der Waals surface area contributed by atoms with Crippen LogP contribution in [0, 0.1) is 0 Å². The van der Waals surface area contributed by atoms with E-state index < -0.39 is 17.1 Å². The molecule has 26 heavy (non-hydrogen) atoms. The summed E-state index contributed by atoms with van der Waals surface area (Å²) >= 11 is 1.04. The maximum absolute atomic E-state index is 11.7. The summed E-state index contributed by atoms with van der Waals surface area (Å²) in [7, 11) is 4.54. The molecule has 10 heteroatoms. The largest absolute Gasteiger partial charge is 0.493 e. The van der Waals surface area contributed by atoms with Crippen LogP contribution in [0.2, 0.25) is 0 Å². The zero-order valence-corrected chi connectivity index (χ0v) is 15.5. The summed E-state index contributed by atoms with van der Waals surface area (Å²) in [5.41, 5.74) is 1.24. The minimum atomic E-state index is -1.05. The van der Waals surface area contributed by atoms with E-state index in [1.54, 1.807) is 19.1 Å². The SMILES string of the molecule is COc1cc(/C(C)=N\N=C2\NC(=O)[C@@H](CC(=O)O)S2)cc(OC)c1OC. The Kier molecular flexibility index (Phi) is 6.45. The van der Waals surface area contributed by atoms with Gasteiger partial charge < -0.3 is 24.6 Å². The van der Waals surface area contributed by atoms with Gasteiger partial charge in [0.1, 0.15) is 5.25 Å². The predicted molar refractivity (Wildman–Crippen MR) is 97.5 cm³/mol. The molecule has 0 unspecified atom stereocenters. The average molecular weight is 381 g/mol. The highest BCUT2D eigenvalue weighted by Crippen LogP contribution is 2.38. The first-order chi connectivity index (χ1) is 12.4. The Morgan fingerprint density at radius 2 is 1.85 bits per heavy atom. The van der Waals surface area contributed by atoms with Crippen molar-refractivity contribution in [3.63, 3.8) is 0 Å². The lowest BCUT2D eigenvalue weighted by atomic mass is 10.1. The van der Waals surface area contributed by atoms with Crippen LogP contribution in [0.3, 0.4) is 0 Å². The van der Waals surface area contributed by atoms with Crippen molar-refractivity contribution in [2.75, 3.05) is 21.3 Å². The number of hydrogen-bond donors (Lipinski definition) is 2. The minimum Gasteiger partial charge on any atom is -0.493 e. The number of carbonyl (C=O) groups excluding carboxylic acids is 1. The third-order valence-corrected chi connectivity index (χ3v) is 4.58. The molecule has 1 aromatic rings. The Morgan fingerprint density at radius 3 is 2.35 bits per heavy atom. The number of carbonyl (C=O) groups is 2. The monoisotopic (exact) mass is 381 g/mol. The highest BCUT2D eigenvalue weighted by atomic mass is 32.2. The van der Waals surface area contributed by atoms with Gasteiger partial charge in [-0.3, -0.25) is 9.59 Å². The summed E-state index contributed by atoms with van der Waals surface area (Å²) in [6.45, 7) is 1.74. The number of amides is 1. The van der Waals surface area contributed by atoms with E-state index in [4.69, 9.17) is 19.3 Å². The number of amidine groups is 1. The van der Waals surface area contributed by atoms with Gasteiger partial charge in [0, 0.05) is 5.56 Å². The molecule has 1 aliphatic rings. The second-order valence-corrected chi connectivity index (χ2v) is 6.39. The molecular formula is C16H19N3O6S. The number of thioether (sulfide) groups is 1. The number of carboxylic acid groups (broad SMARTS) is 1. The molecule has 0 aromatic heterocycles. The van der Waals surface area contributed by atoms with Crippen molar-refractivity contribution < 1.29 is 28.9 Å². The first kappa shape index (κ1) is 19.6. The van der Waals surface area contributed by atoms with E-state index in [0.29, 0.717) is 28.5 Å². The van der Waals surface area contributed by atoms with Gasteiger partial charge in [-0.15, -0.1) is 5.10 Å². The number of nitrogens with one attached hydrogen (secondary N) is 1. The quantitative estimate of drug-likeness (QED) is 0.542. The number of ether oxygens (including phenoxy) is 3. The van der Waals surface area contributed by atoms with E-state index in [1.165, 1.54) is 21.3 Å². The molecule has 0 aliphatic carbocycles. The van der Waals surface area contributed by atoms with Gasteiger partial charge in [0.05, 0.1) is 33.5 Å². The Labute approximate surface area is 154 Å². The van der Waals surface area contributed by atoms with Gasteiger partial charge in [0.25, 0.3) is 0 Å². The first-order valence-electron chi connectivity index (χ1n) is 7.51. The van der Waals surface area contributed by atoms with Gasteiger partial charge in [0.2, 0.25) is 11.7 Å². The van der Waals surface area contributed by atoms with E-state index >= 15 is 0 Å². The van der Waals surface area contributed by atoms with Crippen molar-refractivity contribution in [2.45, 2.75) is 18.6 Å². The second kappa shape index (κ2) is 8.56. The van der Waals surface area contributed by atoms with Gasteiger partial charge >= 0.3 is 5.97 Å². The van der Waals surface area contributed by atoms with E-state index in [9.17, 15) is 9.59 Å². The number of nitrogens with zero attached hydrogens (tertiary/aromatic N) is 2. The highest BCUT2D eigenvalue weighted by molar-refractivity contribution is 8.15. The fraction of sp³-hybridized carbons (Fsp3) is 0.375. The summed E-state index contributed by atoms with van der Waals surface area (Å²) in [6, 6.07) is 3.46. The van der Waals surface area contributed by atoms with Crippen molar-refractivity contribution >= 4 is 34.5 Å². The van der Waals surface area contributed by atoms with Crippen LogP contribution in [0.25, 0.3) is 0 Å². The van der Waals surface area contributed by atoms with Crippen LogP contribution in [0.1, 0.15) is 18.9 Å². The molecular weight excluding hydrogens is 362 g/mol. The van der Waals surface area contributed by atoms with Crippen molar-refractivity contribution in [1.82, 2.24) is 5.32 Å². The van der Waals surface area contributed by atoms with E-state index in [0.717, 1.165) is 11.8 Å². The molecule has 1 saturated heterocycles. The fourth-order valence-corrected chi connectivity index (χ4v) is 3.12. The zero-order chi connectivity index (χ0) is 19.3. The van der Waals surface area contributed by atoms with Crippen molar-refractivity contribution in [1.29, 1.82) is 0 Å². The van der Waals surface area contributed by atoms with Crippen LogP contribution >= 0.6 is 11.8 Å². The van der Waals surface area contributed by atoms with Gasteiger partial charge in [-0.2, -0.15) is 5.10 Å². The lowest BCUT2D eigenvalue weighted by Gasteiger charge is -2.13. The standard InChI is InChI=1S/C16H19N3O6S/c1-8(9-5-10(23-2)14(25-4)11(6-9)24-3)18-19-16-17-15(22)12(26-16)7-13(20)21/h5-6,12H,7H2,1-4H3,(H,20,21)(H,17,19,22)/b18-8-/t12-/m1/s1. The molecule has 0 saturated carbocycles. The molecule has 0 spiro atoms. The molecule has 1 aromatic carbocycles. The van der Waals surface area contributed by atoms with Crippen LogP contribution in [-0.2, 0) is 9.59 Å². The summed E-state index contributed by atoms with van der Waals surface area (Å²) in [4.78, 5) is 22.4. The number of aliphatic carboxylic acids is 1. The third kappa shape index (κ3) is 4.45. The number of rotatable bonds is 7. The molecule has 9 nitrogen and oxygen atoms in total. The van der Waals surface area contributed by atoms with Crippen molar-refractivity contribution in [3.8, 4) is 17.2 Å². The molecule has 0 radical (unpaired) electrons. The Balaban J connectivity index is 2.25. The fourth-order valence-electron chi connectivity index (χ4n) is 2.21. The van der Waals surface area contributed by atoms with Gasteiger partial charge in [-0.1, -0.05) is 11.8 Å². The summed E-state index contributed by atoms with van der Waals surface area (Å²) in [5, 5.41) is 18.9. The maximum atomic E-state index is 11.7. The molecule has 140 valence electrons. The Morgan fingerprint density at radius 1 is 1.23 bits per heavy atom. The van der Waals surface area contributed by atoms with Gasteiger partial charge in [-0.25, -0.2) is 0 Å². The number of hydrogen-bond acceptors (Lipinski definition) is 8. The van der Waals surface area contributed by atoms with Gasteiger partial charge in [-0.05, 0) is 19.1 Å². The van der Waals surface area contributed by atoms with E-state index in [1.807, 2.05) is 0 Å². The average Bonchev–Trinajstić information content (AvgIpc) is 2.97. The molecule has 1 atom stereocenters. The summed E-state index contributed by atoms with van der Waals surface area (Å²) in [6.07, 6.45) is -0.273. The van der Waals surface area contributed by atoms with Crippen LogP contribution in [0.15, 0.2) is 22.3 Å². The topological polar surface area (TPSA) is 119 Å². The summed E-state index contributed by atoms with van der Waals surface area (Å²) in [5.74, 6) is -0.0102. The number of methoxy groups -OCH3 is 3. The molecule has 2 N–H and O–H groups in total. The Hall–Kier alpha value is -2.75. The van der Waals surface area contributed by atoms with E-state index in [-0.39, 0.29) is 11.6 Å². The normalized spacial score (nSPS) is 18.6. The molecule has 1 heterocycles. The summed E-state index contributed by atoms with van der Waals surface area (Å²) < 4.78 is 15.9. The molecule has 1 fully saturated rings. The zero-order valence-electron chi connectivity index (χ0n) is 14.7. The van der Waals surface area contributed by atoms with Crippen LogP contribution in [0.5, 0.6) is 17.2 Å². The van der Waals surface area contributed by atoms with Crippen molar-refractivity contribution in [3.05, 3.63) is 17.7 Å². The molecule has 1 aliphatic heterocycles. The number of carboxylic acids is 1. The maximum Gasteiger partial charge on any atom is 0.305 e. The Bertz CT molecular complexity index is 752. The lowest BCUT2D eigenvalue weighted by molar-refractivity contribution is -0.138. The smallest absolute Gasteiger partial charge is 0.305 e. The molecule has 1 amide bonds. The second-order valence-electron chi connectivity index (χ2n) is 5.20. The van der Waals surface area contributed by atoms with Crippen LogP contribution in [-0.4, -0.2) is 54.4 Å². The molecule has 2 rings (SSSR count). The van der Waals surface area contributed by atoms with Crippen LogP contribution < -0.4 is 19.5 Å². The van der Waals surface area contributed by atoms with Crippen molar-refractivity contribution in [2.24, 2.45) is 10.2 Å². The van der Waals surface area contributed by atoms with E-state index in [2.05, 4.69) is 15.5 Å². The van der Waals surface area contributed by atoms with Gasteiger partial charge in [0.15, 0.2) is 16.7 Å². The predicted octanol–water partition coefficient (Wildman–Crippen LogP) is 1.50. The first-order valence-corrected chi connectivity index (χ1v) is 8.39. The number of benzene rings is 1. The minimum absolute atomic E-state index is 0.257. The lowest BCUT2D eigenvalue weighted by Crippen LogP contribution is -2.26.